The monoisotopic (exact) mass is 330 g/mol. The molecule has 0 bridgehead atoms. The Kier molecular flexibility index (Phi) is 4.09. The molecule has 0 unspecified atom stereocenters. The molecule has 25 heavy (non-hydrogen) atoms. The van der Waals surface area contributed by atoms with Crippen LogP contribution in [0.2, 0.25) is 0 Å². The van der Waals surface area contributed by atoms with Gasteiger partial charge in [0.15, 0.2) is 11.4 Å². The van der Waals surface area contributed by atoms with Crippen molar-refractivity contribution < 1.29 is 9.26 Å². The van der Waals surface area contributed by atoms with Crippen molar-refractivity contribution >= 4 is 16.8 Å². The summed E-state index contributed by atoms with van der Waals surface area (Å²) in [5, 5.41) is 8.47. The maximum absolute atomic E-state index is 5.52. The Morgan fingerprint density at radius 1 is 0.960 bits per heavy atom. The zero-order chi connectivity index (χ0) is 17.1. The molecule has 4 aromatic rings. The number of aromatic nitrogens is 1. The van der Waals surface area contributed by atoms with Crippen LogP contribution in [0, 0.1) is 0 Å². The van der Waals surface area contributed by atoms with Crippen molar-refractivity contribution in [3.05, 3.63) is 78.4 Å². The first-order valence-electron chi connectivity index (χ1n) is 8.16. The van der Waals surface area contributed by atoms with Crippen molar-refractivity contribution in [1.82, 2.24) is 5.16 Å². The lowest BCUT2D eigenvalue weighted by molar-refractivity contribution is 0.416. The molecule has 4 heteroatoms. The van der Waals surface area contributed by atoms with Crippen molar-refractivity contribution in [2.75, 3.05) is 12.4 Å². The van der Waals surface area contributed by atoms with Crippen LogP contribution in [0.5, 0.6) is 5.75 Å². The maximum atomic E-state index is 5.52. The SMILES string of the molecule is COc1ccccc1-c1ccc2c(NCc3ccccc3)noc2c1. The van der Waals surface area contributed by atoms with Gasteiger partial charge in [0.05, 0.1) is 12.5 Å². The fourth-order valence-corrected chi connectivity index (χ4v) is 2.90. The smallest absolute Gasteiger partial charge is 0.177 e. The van der Waals surface area contributed by atoms with Crippen LogP contribution in [-0.2, 0) is 6.54 Å². The van der Waals surface area contributed by atoms with Gasteiger partial charge in [0.25, 0.3) is 0 Å². The van der Waals surface area contributed by atoms with Crippen molar-refractivity contribution in [3.63, 3.8) is 0 Å². The Hall–Kier alpha value is -3.27. The largest absolute Gasteiger partial charge is 0.496 e. The standard InChI is InChI=1S/C21H18N2O2/c1-24-19-10-6-5-9-17(19)16-11-12-18-20(13-16)25-23-21(18)22-14-15-7-3-2-4-8-15/h2-13H,14H2,1H3,(H,22,23). The van der Waals surface area contributed by atoms with E-state index in [1.54, 1.807) is 7.11 Å². The van der Waals surface area contributed by atoms with Gasteiger partial charge in [0.2, 0.25) is 0 Å². The van der Waals surface area contributed by atoms with Gasteiger partial charge < -0.3 is 14.6 Å². The normalized spacial score (nSPS) is 10.8. The predicted octanol–water partition coefficient (Wildman–Crippen LogP) is 5.12. The Labute approximate surface area is 146 Å². The number of rotatable bonds is 5. The van der Waals surface area contributed by atoms with Crippen molar-refractivity contribution in [1.29, 1.82) is 0 Å². The molecule has 0 aliphatic rings. The van der Waals surface area contributed by atoms with Crippen molar-refractivity contribution in [2.24, 2.45) is 0 Å². The number of ether oxygens (including phenoxy) is 1. The van der Waals surface area contributed by atoms with E-state index in [2.05, 4.69) is 28.7 Å². The molecule has 0 saturated heterocycles. The Morgan fingerprint density at radius 3 is 2.60 bits per heavy atom. The van der Waals surface area contributed by atoms with Gasteiger partial charge in [0, 0.05) is 12.1 Å². The molecular formula is C21H18N2O2. The van der Waals surface area contributed by atoms with E-state index in [1.807, 2.05) is 54.6 Å². The van der Waals surface area contributed by atoms with E-state index in [0.29, 0.717) is 6.54 Å². The highest BCUT2D eigenvalue weighted by atomic mass is 16.5. The maximum Gasteiger partial charge on any atom is 0.177 e. The van der Waals surface area contributed by atoms with E-state index in [4.69, 9.17) is 9.26 Å². The molecule has 1 heterocycles. The molecule has 124 valence electrons. The van der Waals surface area contributed by atoms with E-state index < -0.39 is 0 Å². The minimum Gasteiger partial charge on any atom is -0.496 e. The van der Waals surface area contributed by atoms with Crippen LogP contribution in [0.1, 0.15) is 5.56 Å². The molecular weight excluding hydrogens is 312 g/mol. The van der Waals surface area contributed by atoms with Gasteiger partial charge in [-0.05, 0) is 29.3 Å². The van der Waals surface area contributed by atoms with Gasteiger partial charge >= 0.3 is 0 Å². The van der Waals surface area contributed by atoms with Crippen LogP contribution < -0.4 is 10.1 Å². The molecule has 0 atom stereocenters. The predicted molar refractivity (Wildman–Crippen MR) is 99.8 cm³/mol. The summed E-state index contributed by atoms with van der Waals surface area (Å²) in [5.74, 6) is 1.59. The first-order chi connectivity index (χ1) is 12.3. The summed E-state index contributed by atoms with van der Waals surface area (Å²) in [6.07, 6.45) is 0. The summed E-state index contributed by atoms with van der Waals surface area (Å²) in [6, 6.07) is 24.2. The third-order valence-corrected chi connectivity index (χ3v) is 4.19. The van der Waals surface area contributed by atoms with Crippen LogP contribution in [0.4, 0.5) is 5.82 Å². The van der Waals surface area contributed by atoms with Crippen LogP contribution in [0.25, 0.3) is 22.1 Å². The fraction of sp³-hybridized carbons (Fsp3) is 0.0952. The zero-order valence-corrected chi connectivity index (χ0v) is 13.9. The molecule has 0 amide bonds. The first-order valence-corrected chi connectivity index (χ1v) is 8.16. The Balaban J connectivity index is 1.63. The average Bonchev–Trinajstić information content (AvgIpc) is 3.09. The first kappa shape index (κ1) is 15.3. The summed E-state index contributed by atoms with van der Waals surface area (Å²) in [5.41, 5.74) is 4.01. The number of benzene rings is 3. The molecule has 3 aromatic carbocycles. The van der Waals surface area contributed by atoms with Crippen LogP contribution in [0.3, 0.4) is 0 Å². The van der Waals surface area contributed by atoms with Gasteiger partial charge in [-0.25, -0.2) is 0 Å². The van der Waals surface area contributed by atoms with E-state index in [0.717, 1.165) is 33.7 Å². The van der Waals surface area contributed by atoms with E-state index in [-0.39, 0.29) is 0 Å². The average molecular weight is 330 g/mol. The van der Waals surface area contributed by atoms with Gasteiger partial charge in [-0.3, -0.25) is 0 Å². The van der Waals surface area contributed by atoms with Gasteiger partial charge in [-0.15, -0.1) is 0 Å². The summed E-state index contributed by atoms with van der Waals surface area (Å²) < 4.78 is 11.0. The molecule has 4 nitrogen and oxygen atoms in total. The number of nitrogens with zero attached hydrogens (tertiary/aromatic N) is 1. The lowest BCUT2D eigenvalue weighted by Crippen LogP contribution is -1.99. The second-order valence-electron chi connectivity index (χ2n) is 5.78. The molecule has 0 radical (unpaired) electrons. The summed E-state index contributed by atoms with van der Waals surface area (Å²) in [7, 11) is 1.68. The molecule has 4 rings (SSSR count). The molecule has 0 saturated carbocycles. The number of hydrogen-bond acceptors (Lipinski definition) is 4. The topological polar surface area (TPSA) is 47.3 Å². The minimum absolute atomic E-state index is 0.705. The molecule has 0 aliphatic heterocycles. The number of fused-ring (bicyclic) bond motifs is 1. The molecule has 0 fully saturated rings. The minimum atomic E-state index is 0.705. The number of anilines is 1. The second kappa shape index (κ2) is 6.69. The molecule has 1 N–H and O–H groups in total. The quantitative estimate of drug-likeness (QED) is 0.552. The number of hydrogen-bond donors (Lipinski definition) is 1. The molecule has 0 spiro atoms. The Morgan fingerprint density at radius 2 is 1.76 bits per heavy atom. The highest BCUT2D eigenvalue weighted by Gasteiger charge is 2.11. The summed E-state index contributed by atoms with van der Waals surface area (Å²) >= 11 is 0. The van der Waals surface area contributed by atoms with Gasteiger partial charge in [-0.2, -0.15) is 0 Å². The molecule has 1 aromatic heterocycles. The van der Waals surface area contributed by atoms with E-state index >= 15 is 0 Å². The van der Waals surface area contributed by atoms with Crippen LogP contribution in [-0.4, -0.2) is 12.3 Å². The number of methoxy groups -OCH3 is 1. The highest BCUT2D eigenvalue weighted by molar-refractivity contribution is 5.91. The number of para-hydroxylation sites is 1. The number of nitrogens with one attached hydrogen (secondary N) is 1. The van der Waals surface area contributed by atoms with E-state index in [9.17, 15) is 0 Å². The van der Waals surface area contributed by atoms with Gasteiger partial charge in [0.1, 0.15) is 5.75 Å². The summed E-state index contributed by atoms with van der Waals surface area (Å²) in [4.78, 5) is 0. The van der Waals surface area contributed by atoms with Crippen LogP contribution >= 0.6 is 0 Å². The lowest BCUT2D eigenvalue weighted by atomic mass is 10.0. The second-order valence-corrected chi connectivity index (χ2v) is 5.78. The van der Waals surface area contributed by atoms with Gasteiger partial charge in [-0.1, -0.05) is 59.8 Å². The third-order valence-electron chi connectivity index (χ3n) is 4.19. The van der Waals surface area contributed by atoms with Crippen molar-refractivity contribution in [3.8, 4) is 16.9 Å². The van der Waals surface area contributed by atoms with E-state index in [1.165, 1.54) is 5.56 Å². The highest BCUT2D eigenvalue weighted by Crippen LogP contribution is 2.33. The zero-order valence-electron chi connectivity index (χ0n) is 13.9. The fourth-order valence-electron chi connectivity index (χ4n) is 2.90. The lowest BCUT2D eigenvalue weighted by Gasteiger charge is -2.08. The third kappa shape index (κ3) is 3.06. The molecule has 0 aliphatic carbocycles. The summed E-state index contributed by atoms with van der Waals surface area (Å²) in [6.45, 7) is 0.705. The Bertz CT molecular complexity index is 993. The van der Waals surface area contributed by atoms with Crippen molar-refractivity contribution in [2.45, 2.75) is 6.54 Å². The van der Waals surface area contributed by atoms with Crippen LogP contribution in [0.15, 0.2) is 77.3 Å².